The lowest BCUT2D eigenvalue weighted by molar-refractivity contribution is 0.00693. The molecule has 2 aliphatic rings. The van der Waals surface area contributed by atoms with Gasteiger partial charge >= 0.3 is 11.9 Å². The van der Waals surface area contributed by atoms with Gasteiger partial charge < -0.3 is 18.8 Å². The molecule has 1 aliphatic carbocycles. The number of benzene rings is 2. The Morgan fingerprint density at radius 3 is 2.41 bits per heavy atom. The second-order valence-corrected chi connectivity index (χ2v) is 13.4. The number of allylic oxidation sites excluding steroid dienone is 1. The molecular weight excluding hydrogens is 578 g/mol. The zero-order valence-corrected chi connectivity index (χ0v) is 28.2. The van der Waals surface area contributed by atoms with Crippen molar-refractivity contribution in [3.05, 3.63) is 70.0 Å². The average molecular weight is 624 g/mol. The standard InChI is InChI=1S/C38H45N3O5/c1-8-41-34(32(23(3)39-41)37(43)45-9-2)27-19-26-20-28(44-7)16-18-29(26)35-33(24-13-11-10-12-14-24)30-17-15-25(21-31(30)40(35)22-27)36(42)46-38(4,5)6/h15-21,24H,8-14,22H2,1-7H3. The van der Waals surface area contributed by atoms with E-state index in [1.807, 2.05) is 64.4 Å². The van der Waals surface area contributed by atoms with Gasteiger partial charge in [-0.15, -0.1) is 0 Å². The Hall–Kier alpha value is -4.33. The van der Waals surface area contributed by atoms with E-state index in [1.54, 1.807) is 7.11 Å². The van der Waals surface area contributed by atoms with E-state index in [0.29, 0.717) is 35.8 Å². The largest absolute Gasteiger partial charge is 0.497 e. The Bertz CT molecular complexity index is 1850. The van der Waals surface area contributed by atoms with Gasteiger partial charge in [0.2, 0.25) is 0 Å². The number of aromatic nitrogens is 3. The molecule has 0 amide bonds. The van der Waals surface area contributed by atoms with E-state index in [9.17, 15) is 9.59 Å². The van der Waals surface area contributed by atoms with E-state index in [1.165, 1.54) is 24.8 Å². The van der Waals surface area contributed by atoms with Gasteiger partial charge in [0, 0.05) is 23.0 Å². The van der Waals surface area contributed by atoms with Crippen LogP contribution in [0, 0.1) is 6.92 Å². The molecule has 242 valence electrons. The van der Waals surface area contributed by atoms with Crippen molar-refractivity contribution < 1.29 is 23.8 Å². The number of hydrogen-bond donors (Lipinski definition) is 0. The van der Waals surface area contributed by atoms with Crippen LogP contribution in [0.4, 0.5) is 0 Å². The van der Waals surface area contributed by atoms with Crippen molar-refractivity contribution in [1.29, 1.82) is 0 Å². The van der Waals surface area contributed by atoms with E-state index < -0.39 is 5.60 Å². The van der Waals surface area contributed by atoms with Gasteiger partial charge in [-0.05, 0) is 113 Å². The molecule has 4 aromatic rings. The van der Waals surface area contributed by atoms with Crippen LogP contribution in [0.15, 0.2) is 36.4 Å². The van der Waals surface area contributed by atoms with Crippen LogP contribution in [-0.4, -0.2) is 45.6 Å². The summed E-state index contributed by atoms with van der Waals surface area (Å²) in [5, 5.41) is 5.93. The highest BCUT2D eigenvalue weighted by molar-refractivity contribution is 6.03. The van der Waals surface area contributed by atoms with Gasteiger partial charge in [-0.25, -0.2) is 9.59 Å². The maximum Gasteiger partial charge on any atom is 0.342 e. The van der Waals surface area contributed by atoms with Crippen LogP contribution in [0.3, 0.4) is 0 Å². The van der Waals surface area contributed by atoms with Crippen LogP contribution >= 0.6 is 0 Å². The third-order valence-electron chi connectivity index (χ3n) is 9.13. The van der Waals surface area contributed by atoms with E-state index in [0.717, 1.165) is 57.6 Å². The minimum atomic E-state index is -0.608. The fourth-order valence-corrected chi connectivity index (χ4v) is 7.23. The quantitative estimate of drug-likeness (QED) is 0.192. The molecule has 8 heteroatoms. The minimum Gasteiger partial charge on any atom is -0.497 e. The fourth-order valence-electron chi connectivity index (χ4n) is 7.23. The molecule has 6 rings (SSSR count). The summed E-state index contributed by atoms with van der Waals surface area (Å²) in [5.74, 6) is 0.437. The van der Waals surface area contributed by atoms with E-state index in [-0.39, 0.29) is 18.5 Å². The third kappa shape index (κ3) is 5.74. The van der Waals surface area contributed by atoms with E-state index >= 15 is 0 Å². The summed E-state index contributed by atoms with van der Waals surface area (Å²) in [6, 6.07) is 12.2. The van der Waals surface area contributed by atoms with Crippen LogP contribution in [0.2, 0.25) is 0 Å². The first-order valence-corrected chi connectivity index (χ1v) is 16.6. The maximum atomic E-state index is 13.4. The number of hydrogen-bond acceptors (Lipinski definition) is 6. The lowest BCUT2D eigenvalue weighted by atomic mass is 9.81. The molecule has 2 aromatic heterocycles. The SMILES string of the molecule is CCOC(=O)c1c(C)nn(CC)c1C1=Cc2cc(OC)ccc2-c2c(C3CCCCC3)c3ccc(C(=O)OC(C)(C)C)cc3n2C1. The Kier molecular flexibility index (Phi) is 8.57. The molecule has 2 aromatic carbocycles. The summed E-state index contributed by atoms with van der Waals surface area (Å²) in [4.78, 5) is 26.8. The first kappa shape index (κ1) is 31.6. The predicted octanol–water partition coefficient (Wildman–Crippen LogP) is 8.58. The number of aryl methyl sites for hydroxylation is 2. The molecule has 0 bridgehead atoms. The highest BCUT2D eigenvalue weighted by Crippen LogP contribution is 2.48. The van der Waals surface area contributed by atoms with Crippen molar-refractivity contribution in [2.45, 2.75) is 98.3 Å². The topological polar surface area (TPSA) is 84.6 Å². The molecule has 0 saturated heterocycles. The molecule has 8 nitrogen and oxygen atoms in total. The van der Waals surface area contributed by atoms with Crippen molar-refractivity contribution >= 4 is 34.5 Å². The lowest BCUT2D eigenvalue weighted by Crippen LogP contribution is -2.23. The molecule has 0 N–H and O–H groups in total. The van der Waals surface area contributed by atoms with Crippen molar-refractivity contribution in [3.8, 4) is 17.0 Å². The first-order chi connectivity index (χ1) is 22.0. The molecule has 1 fully saturated rings. The number of esters is 2. The zero-order valence-electron chi connectivity index (χ0n) is 28.2. The Balaban J connectivity index is 1.66. The molecule has 0 radical (unpaired) electrons. The number of carbonyl (C=O) groups is 2. The number of nitrogens with zero attached hydrogens (tertiary/aromatic N) is 3. The van der Waals surface area contributed by atoms with Crippen LogP contribution in [0.5, 0.6) is 5.75 Å². The van der Waals surface area contributed by atoms with Crippen molar-refractivity contribution in [2.75, 3.05) is 13.7 Å². The molecule has 1 aliphatic heterocycles. The van der Waals surface area contributed by atoms with Crippen LogP contribution in [-0.2, 0) is 22.6 Å². The number of fused-ring (bicyclic) bond motifs is 5. The Labute approximate surface area is 271 Å². The molecular formula is C38H45N3O5. The summed E-state index contributed by atoms with van der Waals surface area (Å²) >= 11 is 0. The predicted molar refractivity (Wildman–Crippen MR) is 181 cm³/mol. The molecule has 0 spiro atoms. The third-order valence-corrected chi connectivity index (χ3v) is 9.13. The van der Waals surface area contributed by atoms with Crippen LogP contribution < -0.4 is 4.74 Å². The Morgan fingerprint density at radius 1 is 0.978 bits per heavy atom. The van der Waals surface area contributed by atoms with Gasteiger partial charge in [0.15, 0.2) is 0 Å². The maximum absolute atomic E-state index is 13.4. The number of methoxy groups -OCH3 is 1. The summed E-state index contributed by atoms with van der Waals surface area (Å²) < 4.78 is 21.3. The van der Waals surface area contributed by atoms with E-state index in [2.05, 4.69) is 28.8 Å². The van der Waals surface area contributed by atoms with Crippen molar-refractivity contribution in [3.63, 3.8) is 0 Å². The highest BCUT2D eigenvalue weighted by Gasteiger charge is 2.32. The summed E-state index contributed by atoms with van der Waals surface area (Å²) in [6.45, 7) is 12.7. The summed E-state index contributed by atoms with van der Waals surface area (Å²) in [6.07, 6.45) is 8.07. The minimum absolute atomic E-state index is 0.276. The van der Waals surface area contributed by atoms with Crippen LogP contribution in [0.1, 0.15) is 116 Å². The van der Waals surface area contributed by atoms with Crippen molar-refractivity contribution in [1.82, 2.24) is 14.3 Å². The average Bonchev–Trinajstić information content (AvgIpc) is 3.48. The second-order valence-electron chi connectivity index (χ2n) is 13.4. The molecule has 3 heterocycles. The smallest absolute Gasteiger partial charge is 0.342 e. The van der Waals surface area contributed by atoms with Gasteiger partial charge in [-0.1, -0.05) is 25.3 Å². The van der Waals surface area contributed by atoms with Gasteiger partial charge in [0.25, 0.3) is 0 Å². The van der Waals surface area contributed by atoms with Crippen LogP contribution in [0.25, 0.3) is 33.8 Å². The van der Waals surface area contributed by atoms with Gasteiger partial charge in [-0.2, -0.15) is 5.10 Å². The molecule has 1 saturated carbocycles. The molecule has 0 unspecified atom stereocenters. The normalized spacial score (nSPS) is 15.2. The van der Waals surface area contributed by atoms with E-state index in [4.69, 9.17) is 19.3 Å². The van der Waals surface area contributed by atoms with Gasteiger partial charge in [-0.3, -0.25) is 4.68 Å². The first-order valence-electron chi connectivity index (χ1n) is 16.6. The second kappa shape index (κ2) is 12.5. The Morgan fingerprint density at radius 2 is 1.74 bits per heavy atom. The highest BCUT2D eigenvalue weighted by atomic mass is 16.6. The van der Waals surface area contributed by atoms with Gasteiger partial charge in [0.05, 0.1) is 42.9 Å². The monoisotopic (exact) mass is 623 g/mol. The lowest BCUT2D eigenvalue weighted by Gasteiger charge is -2.24. The fraction of sp³-hybridized carbons (Fsp3) is 0.447. The zero-order chi connectivity index (χ0) is 32.7. The number of ether oxygens (including phenoxy) is 3. The molecule has 46 heavy (non-hydrogen) atoms. The van der Waals surface area contributed by atoms with Gasteiger partial charge in [0.1, 0.15) is 16.9 Å². The molecule has 0 atom stereocenters. The number of carbonyl (C=O) groups excluding carboxylic acids is 2. The summed E-state index contributed by atoms with van der Waals surface area (Å²) in [5.41, 5.74) is 8.30. The van der Waals surface area contributed by atoms with Crippen molar-refractivity contribution in [2.24, 2.45) is 0 Å². The number of rotatable bonds is 7. The summed E-state index contributed by atoms with van der Waals surface area (Å²) in [7, 11) is 1.68.